The van der Waals surface area contributed by atoms with Crippen molar-refractivity contribution in [3.05, 3.63) is 252 Å². The third-order valence-corrected chi connectivity index (χ3v) is 16.9. The number of rotatable bonds is 9. The Balaban J connectivity index is 0.000000209. The Morgan fingerprint density at radius 1 is 0.386 bits per heavy atom. The van der Waals surface area contributed by atoms with E-state index >= 15 is 0 Å². The van der Waals surface area contributed by atoms with E-state index in [9.17, 15) is 0 Å². The number of benzene rings is 8. The van der Waals surface area contributed by atoms with Crippen LogP contribution in [0.4, 0.5) is 0 Å². The van der Waals surface area contributed by atoms with E-state index in [4.69, 9.17) is 23.2 Å². The standard InChI is InChI=1S/C25H21ClP.C18H15P.C7H6BrCl.CH4.BrH/c26-22-12-10-11-21(19-22)20-27(23-13-4-1-5-14-23,24-15-6-2-7-16-24)25-17-8-3-9-18-25;1-4-10-16(11-5-1)19(17-12-6-2-7-13-17)18-14-8-3-9-15-18;8-5-6-2-1-3-7(9)4-6;;/h1-19H,20H2;1-15H;1-4H,5H2;1H4;1H/q+1;;;;/p-1. The van der Waals surface area contributed by atoms with Crippen molar-refractivity contribution in [2.45, 2.75) is 18.9 Å². The van der Waals surface area contributed by atoms with Crippen molar-refractivity contribution in [1.29, 1.82) is 0 Å². The van der Waals surface area contributed by atoms with E-state index in [1.54, 1.807) is 0 Å². The van der Waals surface area contributed by atoms with Gasteiger partial charge in [-0.3, -0.25) is 0 Å². The van der Waals surface area contributed by atoms with Crippen LogP contribution in [0.3, 0.4) is 0 Å². The highest BCUT2D eigenvalue weighted by molar-refractivity contribution is 9.08. The lowest BCUT2D eigenvalue weighted by molar-refractivity contribution is -0.0000107. The van der Waals surface area contributed by atoms with Crippen molar-refractivity contribution < 1.29 is 17.0 Å². The summed E-state index contributed by atoms with van der Waals surface area (Å²) < 4.78 is 0. The van der Waals surface area contributed by atoms with Gasteiger partial charge in [0.2, 0.25) is 0 Å². The van der Waals surface area contributed by atoms with Crippen molar-refractivity contribution in [2.75, 3.05) is 0 Å². The van der Waals surface area contributed by atoms with Crippen molar-refractivity contribution in [1.82, 2.24) is 0 Å². The molecule has 0 atom stereocenters. The van der Waals surface area contributed by atoms with Crippen LogP contribution in [-0.2, 0) is 11.5 Å². The Bertz CT molecular complexity index is 2110. The number of hydrogen-bond donors (Lipinski definition) is 0. The molecule has 0 aliphatic carbocycles. The van der Waals surface area contributed by atoms with Crippen molar-refractivity contribution >= 4 is 86.1 Å². The molecule has 0 fully saturated rings. The molecule has 0 saturated carbocycles. The van der Waals surface area contributed by atoms with Crippen LogP contribution in [0.1, 0.15) is 18.6 Å². The summed E-state index contributed by atoms with van der Waals surface area (Å²) in [6, 6.07) is 81.2. The predicted octanol–water partition coefficient (Wildman–Crippen LogP) is 10.2. The highest BCUT2D eigenvalue weighted by atomic mass is 79.9. The first-order valence-electron chi connectivity index (χ1n) is 18.1. The van der Waals surface area contributed by atoms with Crippen LogP contribution in [0.25, 0.3) is 0 Å². The normalized spacial score (nSPS) is 10.4. The number of alkyl halides is 1. The Morgan fingerprint density at radius 3 is 0.982 bits per heavy atom. The van der Waals surface area contributed by atoms with E-state index in [0.29, 0.717) is 0 Å². The molecular weight excluding hydrogens is 905 g/mol. The maximum absolute atomic E-state index is 6.32. The summed E-state index contributed by atoms with van der Waals surface area (Å²) in [5, 5.41) is 10.8. The zero-order valence-electron chi connectivity index (χ0n) is 30.8. The molecule has 6 heteroatoms. The van der Waals surface area contributed by atoms with Crippen LogP contribution in [0.2, 0.25) is 10.0 Å². The van der Waals surface area contributed by atoms with Crippen molar-refractivity contribution in [3.8, 4) is 0 Å². The summed E-state index contributed by atoms with van der Waals surface area (Å²) in [6.45, 7) is 0. The van der Waals surface area contributed by atoms with E-state index < -0.39 is 15.2 Å². The summed E-state index contributed by atoms with van der Waals surface area (Å²) in [6.07, 6.45) is 0.950. The van der Waals surface area contributed by atoms with E-state index in [-0.39, 0.29) is 24.4 Å². The molecule has 8 aromatic rings. The first-order valence-corrected chi connectivity index (χ1v) is 23.3. The molecule has 8 rings (SSSR count). The van der Waals surface area contributed by atoms with Gasteiger partial charge in [-0.25, -0.2) is 0 Å². The molecule has 0 N–H and O–H groups in total. The summed E-state index contributed by atoms with van der Waals surface area (Å²) >= 11 is 15.4. The molecule has 57 heavy (non-hydrogen) atoms. The zero-order valence-corrected chi connectivity index (χ0v) is 37.2. The quantitative estimate of drug-likeness (QED) is 0.1000. The molecule has 0 unspecified atom stereocenters. The predicted molar refractivity (Wildman–Crippen MR) is 256 cm³/mol. The van der Waals surface area contributed by atoms with Gasteiger partial charge < -0.3 is 17.0 Å². The number of hydrogen-bond acceptors (Lipinski definition) is 0. The lowest BCUT2D eigenvalue weighted by Crippen LogP contribution is -3.00. The van der Waals surface area contributed by atoms with Crippen LogP contribution in [-0.4, -0.2) is 0 Å². The first-order chi connectivity index (χ1) is 27.1. The zero-order chi connectivity index (χ0) is 38.1. The third-order valence-electron chi connectivity index (χ3n) is 8.99. The van der Waals surface area contributed by atoms with Gasteiger partial charge in [-0.15, -0.1) is 0 Å². The van der Waals surface area contributed by atoms with Gasteiger partial charge in [0.05, 0.1) is 6.16 Å². The van der Waals surface area contributed by atoms with Gasteiger partial charge in [0, 0.05) is 15.4 Å². The second-order valence-electron chi connectivity index (χ2n) is 12.7. The molecular formula is C51H46Br2Cl2P2. The van der Waals surface area contributed by atoms with Gasteiger partial charge in [0.1, 0.15) is 23.2 Å². The molecule has 0 nitrogen and oxygen atoms in total. The molecule has 0 heterocycles. The highest BCUT2D eigenvalue weighted by Crippen LogP contribution is 2.58. The van der Waals surface area contributed by atoms with Crippen molar-refractivity contribution in [3.63, 3.8) is 0 Å². The van der Waals surface area contributed by atoms with Gasteiger partial charge in [-0.2, -0.15) is 0 Å². The smallest absolute Gasteiger partial charge is 0.116 e. The molecule has 0 amide bonds. The minimum atomic E-state index is -1.85. The highest BCUT2D eigenvalue weighted by Gasteiger charge is 2.45. The molecule has 0 saturated heterocycles. The maximum atomic E-state index is 6.32. The molecule has 0 radical (unpaired) electrons. The fraction of sp³-hybridized carbons (Fsp3) is 0.0588. The number of halogens is 4. The summed E-state index contributed by atoms with van der Waals surface area (Å²) in [5.74, 6) is 0. The molecule has 8 aromatic carbocycles. The van der Waals surface area contributed by atoms with E-state index in [2.05, 4.69) is 210 Å². The fourth-order valence-electron chi connectivity index (χ4n) is 6.48. The second kappa shape index (κ2) is 24.2. The average molecular weight is 952 g/mol. The first kappa shape index (κ1) is 45.9. The lowest BCUT2D eigenvalue weighted by atomic mass is 10.2. The molecule has 0 aromatic heterocycles. The summed E-state index contributed by atoms with van der Waals surface area (Å²) in [4.78, 5) is 0. The largest absolute Gasteiger partial charge is 1.00 e. The Labute approximate surface area is 371 Å². The Hall–Kier alpha value is -3.84. The van der Waals surface area contributed by atoms with E-state index in [0.717, 1.165) is 21.5 Å². The average Bonchev–Trinajstić information content (AvgIpc) is 3.25. The maximum Gasteiger partial charge on any atom is 0.116 e. The molecule has 288 valence electrons. The van der Waals surface area contributed by atoms with Crippen LogP contribution in [0.5, 0.6) is 0 Å². The summed E-state index contributed by atoms with van der Waals surface area (Å²) in [7, 11) is -2.30. The Kier molecular flexibility index (Phi) is 19.4. The SMILES string of the molecule is C.Clc1cccc(CBr)c1.Clc1cccc(C[P+](c2ccccc2)(c2ccccc2)c2ccccc2)c1.[Br-].c1ccc(P(c2ccccc2)c2ccccc2)cc1. The second-order valence-corrected chi connectivity index (χ2v) is 19.8. The van der Waals surface area contributed by atoms with Crippen molar-refractivity contribution in [2.24, 2.45) is 0 Å². The van der Waals surface area contributed by atoms with Gasteiger partial charge in [0.15, 0.2) is 0 Å². The van der Waals surface area contributed by atoms with Crippen LogP contribution in [0, 0.1) is 0 Å². The van der Waals surface area contributed by atoms with Crippen LogP contribution < -0.4 is 48.8 Å². The van der Waals surface area contributed by atoms with E-state index in [1.807, 2.05) is 36.4 Å². The molecule has 0 bridgehead atoms. The van der Waals surface area contributed by atoms with Crippen LogP contribution in [0.15, 0.2) is 231 Å². The molecule has 0 aliphatic rings. The van der Waals surface area contributed by atoms with E-state index in [1.165, 1.54) is 43.0 Å². The lowest BCUT2D eigenvalue weighted by Gasteiger charge is -2.27. The minimum absolute atomic E-state index is 0. The van der Waals surface area contributed by atoms with Crippen LogP contribution >= 0.6 is 54.3 Å². The topological polar surface area (TPSA) is 0 Å². The minimum Gasteiger partial charge on any atom is -1.00 e. The molecule has 0 aliphatic heterocycles. The van der Waals surface area contributed by atoms with Gasteiger partial charge in [-0.05, 0) is 95.6 Å². The Morgan fingerprint density at radius 2 is 0.684 bits per heavy atom. The molecule has 0 spiro atoms. The van der Waals surface area contributed by atoms with Gasteiger partial charge in [0.25, 0.3) is 0 Å². The summed E-state index contributed by atoms with van der Waals surface area (Å²) in [5.41, 5.74) is 2.48. The fourth-order valence-corrected chi connectivity index (χ4v) is 13.8. The third kappa shape index (κ3) is 12.8. The van der Waals surface area contributed by atoms with Gasteiger partial charge in [-0.1, -0.05) is 216 Å². The monoisotopic (exact) mass is 948 g/mol. The van der Waals surface area contributed by atoms with Gasteiger partial charge >= 0.3 is 0 Å².